The number of likely N-dealkylation sites (tertiary alicyclic amines) is 1. The van der Waals surface area contributed by atoms with Crippen LogP contribution in [0.25, 0.3) is 0 Å². The van der Waals surface area contributed by atoms with E-state index in [0.29, 0.717) is 18.7 Å². The Morgan fingerprint density at radius 3 is 2.25 bits per heavy atom. The van der Waals surface area contributed by atoms with Crippen LogP contribution in [0, 0.1) is 17.3 Å². The van der Waals surface area contributed by atoms with Gasteiger partial charge in [0, 0.05) is 18.7 Å². The molecule has 5 nitrogen and oxygen atoms in total. The molecule has 1 amide bonds. The van der Waals surface area contributed by atoms with Crippen LogP contribution in [0.2, 0.25) is 0 Å². The maximum Gasteiger partial charge on any atom is 0.410 e. The SMILES string of the molecule is COC(=O)c1ccc(C#CC2(C)CN(C(=O)OC(C)(C)C)C2)cc1. The summed E-state index contributed by atoms with van der Waals surface area (Å²) in [5.74, 6) is 5.94. The topological polar surface area (TPSA) is 55.8 Å². The molecule has 1 saturated heterocycles. The Morgan fingerprint density at radius 2 is 1.75 bits per heavy atom. The highest BCUT2D eigenvalue weighted by atomic mass is 16.6. The van der Waals surface area contributed by atoms with Gasteiger partial charge in [0.2, 0.25) is 0 Å². The third-order valence-electron chi connectivity index (χ3n) is 3.55. The lowest BCUT2D eigenvalue weighted by Crippen LogP contribution is -2.57. The van der Waals surface area contributed by atoms with Gasteiger partial charge in [-0.25, -0.2) is 9.59 Å². The minimum atomic E-state index is -0.490. The van der Waals surface area contributed by atoms with E-state index >= 15 is 0 Å². The van der Waals surface area contributed by atoms with Gasteiger partial charge in [-0.05, 0) is 52.0 Å². The van der Waals surface area contributed by atoms with Gasteiger partial charge in [-0.1, -0.05) is 11.8 Å². The molecule has 0 aromatic heterocycles. The van der Waals surface area contributed by atoms with E-state index in [2.05, 4.69) is 16.6 Å². The summed E-state index contributed by atoms with van der Waals surface area (Å²) in [6, 6.07) is 6.94. The highest BCUT2D eigenvalue weighted by Gasteiger charge is 2.41. The van der Waals surface area contributed by atoms with Crippen LogP contribution in [0.5, 0.6) is 0 Å². The van der Waals surface area contributed by atoms with Crippen molar-refractivity contribution in [3.05, 3.63) is 35.4 Å². The highest BCUT2D eigenvalue weighted by Crippen LogP contribution is 2.30. The standard InChI is InChI=1S/C19H23NO4/c1-18(2,3)24-17(22)20-12-19(4,13-20)11-10-14-6-8-15(9-7-14)16(21)23-5/h6-9H,12-13H2,1-5H3. The molecule has 0 unspecified atom stereocenters. The van der Waals surface area contributed by atoms with Crippen LogP contribution >= 0.6 is 0 Å². The van der Waals surface area contributed by atoms with Crippen LogP contribution in [0.1, 0.15) is 43.6 Å². The van der Waals surface area contributed by atoms with Gasteiger partial charge in [0.15, 0.2) is 0 Å². The minimum Gasteiger partial charge on any atom is -0.465 e. The number of carbonyl (C=O) groups excluding carboxylic acids is 2. The average Bonchev–Trinajstić information content (AvgIpc) is 2.48. The lowest BCUT2D eigenvalue weighted by Gasteiger charge is -2.44. The monoisotopic (exact) mass is 329 g/mol. The van der Waals surface area contributed by atoms with Crippen molar-refractivity contribution in [3.8, 4) is 11.8 Å². The first-order chi connectivity index (χ1) is 11.1. The van der Waals surface area contributed by atoms with Gasteiger partial charge < -0.3 is 14.4 Å². The summed E-state index contributed by atoms with van der Waals surface area (Å²) in [5, 5.41) is 0. The predicted octanol–water partition coefficient (Wildman–Crippen LogP) is 3.08. The van der Waals surface area contributed by atoms with Crippen LogP contribution in [0.15, 0.2) is 24.3 Å². The second-order valence-corrected chi connectivity index (χ2v) is 7.22. The zero-order valence-electron chi connectivity index (χ0n) is 14.8. The Hall–Kier alpha value is -2.48. The van der Waals surface area contributed by atoms with Gasteiger partial charge in [-0.15, -0.1) is 0 Å². The lowest BCUT2D eigenvalue weighted by molar-refractivity contribution is -0.0114. The van der Waals surface area contributed by atoms with E-state index in [4.69, 9.17) is 4.74 Å². The highest BCUT2D eigenvalue weighted by molar-refractivity contribution is 5.89. The van der Waals surface area contributed by atoms with Gasteiger partial charge in [-0.2, -0.15) is 0 Å². The number of ether oxygens (including phenoxy) is 2. The molecular formula is C19H23NO4. The van der Waals surface area contributed by atoms with E-state index in [1.54, 1.807) is 29.2 Å². The zero-order chi connectivity index (χ0) is 18.0. The molecule has 0 atom stereocenters. The van der Waals surface area contributed by atoms with E-state index in [-0.39, 0.29) is 17.5 Å². The quantitative estimate of drug-likeness (QED) is 0.587. The number of esters is 1. The molecule has 0 bridgehead atoms. The van der Waals surface area contributed by atoms with Crippen molar-refractivity contribution in [2.75, 3.05) is 20.2 Å². The van der Waals surface area contributed by atoms with Crippen molar-refractivity contribution in [1.29, 1.82) is 0 Å². The second-order valence-electron chi connectivity index (χ2n) is 7.22. The maximum atomic E-state index is 11.9. The summed E-state index contributed by atoms with van der Waals surface area (Å²) in [5.41, 5.74) is 0.585. The summed E-state index contributed by atoms with van der Waals surface area (Å²) in [6.45, 7) is 8.67. The Morgan fingerprint density at radius 1 is 1.17 bits per heavy atom. The fraction of sp³-hybridized carbons (Fsp3) is 0.474. The Kier molecular flexibility index (Phi) is 4.88. The number of amides is 1. The van der Waals surface area contributed by atoms with Crippen LogP contribution in [-0.4, -0.2) is 42.8 Å². The van der Waals surface area contributed by atoms with Crippen LogP contribution < -0.4 is 0 Å². The Labute approximate surface area is 142 Å². The fourth-order valence-corrected chi connectivity index (χ4v) is 2.36. The molecule has 2 rings (SSSR count). The van der Waals surface area contributed by atoms with Gasteiger partial charge in [-0.3, -0.25) is 0 Å². The van der Waals surface area contributed by atoms with E-state index in [9.17, 15) is 9.59 Å². The van der Waals surface area contributed by atoms with Crippen molar-refractivity contribution in [2.45, 2.75) is 33.3 Å². The molecule has 0 aliphatic carbocycles. The van der Waals surface area contributed by atoms with Crippen LogP contribution in [-0.2, 0) is 9.47 Å². The molecular weight excluding hydrogens is 306 g/mol. The fourth-order valence-electron chi connectivity index (χ4n) is 2.36. The van der Waals surface area contributed by atoms with E-state index in [1.807, 2.05) is 27.7 Å². The first-order valence-corrected chi connectivity index (χ1v) is 7.81. The molecule has 24 heavy (non-hydrogen) atoms. The van der Waals surface area contributed by atoms with E-state index < -0.39 is 5.60 Å². The molecule has 0 spiro atoms. The van der Waals surface area contributed by atoms with Crippen molar-refractivity contribution >= 4 is 12.1 Å². The number of rotatable bonds is 1. The van der Waals surface area contributed by atoms with Gasteiger partial charge in [0.1, 0.15) is 5.60 Å². The number of carbonyl (C=O) groups is 2. The van der Waals surface area contributed by atoms with Gasteiger partial charge >= 0.3 is 12.1 Å². The number of benzene rings is 1. The maximum absolute atomic E-state index is 11.9. The molecule has 1 aromatic rings. The molecule has 1 heterocycles. The van der Waals surface area contributed by atoms with Crippen molar-refractivity contribution in [2.24, 2.45) is 5.41 Å². The summed E-state index contributed by atoms with van der Waals surface area (Å²) in [6.07, 6.45) is -0.302. The van der Waals surface area contributed by atoms with Crippen LogP contribution in [0.3, 0.4) is 0 Å². The normalized spacial score (nSPS) is 15.6. The predicted molar refractivity (Wildman–Crippen MR) is 90.6 cm³/mol. The number of methoxy groups -OCH3 is 1. The molecule has 0 N–H and O–H groups in total. The molecule has 128 valence electrons. The molecule has 0 saturated carbocycles. The van der Waals surface area contributed by atoms with Crippen molar-refractivity contribution in [1.82, 2.24) is 4.90 Å². The number of hydrogen-bond donors (Lipinski definition) is 0. The molecule has 1 aromatic carbocycles. The van der Waals surface area contributed by atoms with Crippen LogP contribution in [0.4, 0.5) is 4.79 Å². The third-order valence-corrected chi connectivity index (χ3v) is 3.55. The first kappa shape index (κ1) is 17.9. The molecule has 1 aliphatic rings. The molecule has 1 aliphatic heterocycles. The van der Waals surface area contributed by atoms with Crippen molar-refractivity contribution in [3.63, 3.8) is 0 Å². The van der Waals surface area contributed by atoms with Gasteiger partial charge in [0.05, 0.1) is 18.1 Å². The molecule has 0 radical (unpaired) electrons. The largest absolute Gasteiger partial charge is 0.465 e. The Bertz CT molecular complexity index is 683. The summed E-state index contributed by atoms with van der Waals surface area (Å²) >= 11 is 0. The number of hydrogen-bond acceptors (Lipinski definition) is 4. The molecule has 5 heteroatoms. The first-order valence-electron chi connectivity index (χ1n) is 7.81. The summed E-state index contributed by atoms with van der Waals surface area (Å²) < 4.78 is 10.0. The number of nitrogens with zero attached hydrogens (tertiary/aromatic N) is 1. The van der Waals surface area contributed by atoms with Gasteiger partial charge in [0.25, 0.3) is 0 Å². The summed E-state index contributed by atoms with van der Waals surface area (Å²) in [4.78, 5) is 25.0. The zero-order valence-corrected chi connectivity index (χ0v) is 14.8. The second kappa shape index (κ2) is 6.56. The van der Waals surface area contributed by atoms with Crippen molar-refractivity contribution < 1.29 is 19.1 Å². The average molecular weight is 329 g/mol. The third kappa shape index (κ3) is 4.51. The molecule has 1 fully saturated rings. The van der Waals surface area contributed by atoms with E-state index in [1.165, 1.54) is 7.11 Å². The summed E-state index contributed by atoms with van der Waals surface area (Å²) in [7, 11) is 1.35. The minimum absolute atomic E-state index is 0.238. The smallest absolute Gasteiger partial charge is 0.410 e. The Balaban J connectivity index is 1.95. The van der Waals surface area contributed by atoms with E-state index in [0.717, 1.165) is 5.56 Å². The lowest BCUT2D eigenvalue weighted by atomic mass is 9.83.